The van der Waals surface area contributed by atoms with Gasteiger partial charge in [0.05, 0.1) is 29.9 Å². The summed E-state index contributed by atoms with van der Waals surface area (Å²) in [5.74, 6) is 0.808. The summed E-state index contributed by atoms with van der Waals surface area (Å²) in [7, 11) is 1.68. The number of aromatic nitrogens is 1. The fourth-order valence-corrected chi connectivity index (χ4v) is 4.07. The lowest BCUT2D eigenvalue weighted by atomic mass is 10.1. The van der Waals surface area contributed by atoms with Gasteiger partial charge in [0.25, 0.3) is 0 Å². The van der Waals surface area contributed by atoms with E-state index in [1.807, 2.05) is 48.9 Å². The number of ether oxygens (including phenoxy) is 1. The molecule has 1 aromatic carbocycles. The van der Waals surface area contributed by atoms with Crippen LogP contribution in [0.5, 0.6) is 5.75 Å². The Bertz CT molecular complexity index is 994. The minimum Gasteiger partial charge on any atom is -0.496 e. The van der Waals surface area contributed by atoms with Crippen LogP contribution in [0.3, 0.4) is 0 Å². The Morgan fingerprint density at radius 3 is 2.65 bits per heavy atom. The zero-order valence-corrected chi connectivity index (χ0v) is 16.7. The first-order valence-corrected chi connectivity index (χ1v) is 9.94. The quantitative estimate of drug-likeness (QED) is 0.434. The van der Waals surface area contributed by atoms with Crippen molar-refractivity contribution in [2.45, 2.75) is 13.8 Å². The van der Waals surface area contributed by atoms with Crippen LogP contribution in [0, 0.1) is 0 Å². The van der Waals surface area contributed by atoms with Crippen molar-refractivity contribution < 1.29 is 4.74 Å². The van der Waals surface area contributed by atoms with E-state index in [1.165, 1.54) is 0 Å². The highest BCUT2D eigenvalue weighted by atomic mass is 32.1. The van der Waals surface area contributed by atoms with E-state index in [1.54, 1.807) is 29.8 Å². The van der Waals surface area contributed by atoms with Crippen molar-refractivity contribution in [1.82, 2.24) is 4.68 Å². The largest absolute Gasteiger partial charge is 0.496 e. The molecule has 2 heterocycles. The number of benzene rings is 1. The maximum Gasteiger partial charge on any atom is 0.206 e. The number of hydrogen-bond donors (Lipinski definition) is 0. The van der Waals surface area contributed by atoms with Gasteiger partial charge >= 0.3 is 0 Å². The van der Waals surface area contributed by atoms with E-state index in [0.717, 1.165) is 38.0 Å². The Morgan fingerprint density at radius 1 is 1.15 bits per heavy atom. The summed E-state index contributed by atoms with van der Waals surface area (Å²) in [6.45, 7) is 8.50. The second-order valence-corrected chi connectivity index (χ2v) is 7.64. The minimum atomic E-state index is 0.591. The van der Waals surface area contributed by atoms with Gasteiger partial charge in [-0.2, -0.15) is 5.10 Å². The lowest BCUT2D eigenvalue weighted by Crippen LogP contribution is -2.15. The SMILES string of the molecule is C=C(C)CN=c1scc(-c2cccs2)n1N=C(C)c1ccccc1OC. The van der Waals surface area contributed by atoms with E-state index in [2.05, 4.69) is 28.4 Å². The highest BCUT2D eigenvalue weighted by Crippen LogP contribution is 2.26. The van der Waals surface area contributed by atoms with Crippen LogP contribution in [-0.2, 0) is 0 Å². The summed E-state index contributed by atoms with van der Waals surface area (Å²) in [5.41, 5.74) is 3.90. The molecular formula is C20H21N3OS2. The number of thiazole rings is 1. The number of methoxy groups -OCH3 is 1. The average molecular weight is 384 g/mol. The van der Waals surface area contributed by atoms with Gasteiger partial charge in [0.15, 0.2) is 0 Å². The van der Waals surface area contributed by atoms with Gasteiger partial charge in [0.2, 0.25) is 4.80 Å². The predicted molar refractivity (Wildman–Crippen MR) is 111 cm³/mol. The Morgan fingerprint density at radius 2 is 1.96 bits per heavy atom. The molecule has 0 saturated heterocycles. The normalized spacial score (nSPS) is 12.4. The van der Waals surface area contributed by atoms with Crippen LogP contribution in [0.2, 0.25) is 0 Å². The predicted octanol–water partition coefficient (Wildman–Crippen LogP) is 5.04. The van der Waals surface area contributed by atoms with Gasteiger partial charge in [-0.05, 0) is 37.4 Å². The molecule has 0 spiro atoms. The van der Waals surface area contributed by atoms with Crippen LogP contribution in [-0.4, -0.2) is 24.0 Å². The highest BCUT2D eigenvalue weighted by Gasteiger charge is 2.11. The average Bonchev–Trinajstić information content (AvgIpc) is 3.29. The molecule has 0 aliphatic rings. The summed E-state index contributed by atoms with van der Waals surface area (Å²) in [4.78, 5) is 6.69. The molecular weight excluding hydrogens is 362 g/mol. The van der Waals surface area contributed by atoms with E-state index >= 15 is 0 Å². The van der Waals surface area contributed by atoms with Crippen LogP contribution in [0.15, 0.2) is 69.4 Å². The molecule has 0 bridgehead atoms. The van der Waals surface area contributed by atoms with Crippen molar-refractivity contribution in [1.29, 1.82) is 0 Å². The van der Waals surface area contributed by atoms with Gasteiger partial charge < -0.3 is 4.74 Å². The van der Waals surface area contributed by atoms with E-state index < -0.39 is 0 Å². The summed E-state index contributed by atoms with van der Waals surface area (Å²) >= 11 is 3.28. The van der Waals surface area contributed by atoms with Crippen LogP contribution >= 0.6 is 22.7 Å². The van der Waals surface area contributed by atoms with Crippen LogP contribution < -0.4 is 9.54 Å². The molecule has 0 radical (unpaired) electrons. The topological polar surface area (TPSA) is 38.9 Å². The minimum absolute atomic E-state index is 0.591. The smallest absolute Gasteiger partial charge is 0.206 e. The molecule has 134 valence electrons. The standard InChI is InChI=1S/C20H21N3OS2/c1-14(2)12-21-20-23(17(13-26-20)19-10-7-11-25-19)22-15(3)16-8-5-6-9-18(16)24-4/h5-11,13H,1,12H2,2-4H3. The van der Waals surface area contributed by atoms with Crippen molar-refractivity contribution in [3.05, 3.63) is 69.7 Å². The van der Waals surface area contributed by atoms with E-state index in [9.17, 15) is 0 Å². The van der Waals surface area contributed by atoms with E-state index in [0.29, 0.717) is 6.54 Å². The number of thiophene rings is 1. The zero-order chi connectivity index (χ0) is 18.5. The van der Waals surface area contributed by atoms with Crippen LogP contribution in [0.4, 0.5) is 0 Å². The molecule has 0 saturated carbocycles. The van der Waals surface area contributed by atoms with Crippen molar-refractivity contribution >= 4 is 28.4 Å². The molecule has 0 N–H and O–H groups in total. The fraction of sp³-hybridized carbons (Fsp3) is 0.200. The molecule has 3 rings (SSSR count). The third-order valence-corrected chi connectivity index (χ3v) is 5.44. The van der Waals surface area contributed by atoms with E-state index in [4.69, 9.17) is 9.84 Å². The molecule has 2 aromatic heterocycles. The molecule has 3 aromatic rings. The molecule has 4 nitrogen and oxygen atoms in total. The van der Waals surface area contributed by atoms with Crippen LogP contribution in [0.25, 0.3) is 10.6 Å². The van der Waals surface area contributed by atoms with Gasteiger partial charge in [-0.15, -0.1) is 22.7 Å². The zero-order valence-electron chi connectivity index (χ0n) is 15.1. The number of rotatable bonds is 6. The third kappa shape index (κ3) is 4.03. The van der Waals surface area contributed by atoms with Gasteiger partial charge in [0, 0.05) is 10.9 Å². The number of para-hydroxylation sites is 1. The van der Waals surface area contributed by atoms with Gasteiger partial charge in [-0.25, -0.2) is 4.68 Å². The first-order valence-electron chi connectivity index (χ1n) is 8.18. The summed E-state index contributed by atoms with van der Waals surface area (Å²) < 4.78 is 7.39. The fourth-order valence-electron chi connectivity index (χ4n) is 2.45. The molecule has 0 atom stereocenters. The summed E-state index contributed by atoms with van der Waals surface area (Å²) in [6, 6.07) is 12.0. The van der Waals surface area contributed by atoms with Gasteiger partial charge in [0.1, 0.15) is 5.75 Å². The molecule has 0 aliphatic heterocycles. The maximum atomic E-state index is 5.48. The van der Waals surface area contributed by atoms with Crippen molar-refractivity contribution in [2.24, 2.45) is 10.1 Å². The molecule has 0 unspecified atom stereocenters. The second kappa shape index (κ2) is 8.29. The van der Waals surface area contributed by atoms with Crippen molar-refractivity contribution in [3.8, 4) is 16.3 Å². The molecule has 0 amide bonds. The third-order valence-electron chi connectivity index (χ3n) is 3.69. The first kappa shape index (κ1) is 18.4. The van der Waals surface area contributed by atoms with Crippen molar-refractivity contribution in [3.63, 3.8) is 0 Å². The maximum absolute atomic E-state index is 5.48. The molecule has 26 heavy (non-hydrogen) atoms. The Kier molecular flexibility index (Phi) is 5.85. The molecule has 6 heteroatoms. The monoisotopic (exact) mass is 383 g/mol. The number of nitrogens with zero attached hydrogens (tertiary/aromatic N) is 3. The molecule has 0 aliphatic carbocycles. The van der Waals surface area contributed by atoms with Crippen molar-refractivity contribution in [2.75, 3.05) is 13.7 Å². The second-order valence-electron chi connectivity index (χ2n) is 5.85. The lowest BCUT2D eigenvalue weighted by molar-refractivity contribution is 0.414. The van der Waals surface area contributed by atoms with Gasteiger partial charge in [-0.3, -0.25) is 4.99 Å². The first-order chi connectivity index (χ1) is 12.6. The molecule has 0 fully saturated rings. The Hall–Kier alpha value is -2.44. The lowest BCUT2D eigenvalue weighted by Gasteiger charge is -2.09. The summed E-state index contributed by atoms with van der Waals surface area (Å²) in [5, 5.41) is 9.05. The van der Waals surface area contributed by atoms with E-state index in [-0.39, 0.29) is 0 Å². The Balaban J connectivity index is 2.14. The number of hydrogen-bond acceptors (Lipinski definition) is 5. The summed E-state index contributed by atoms with van der Waals surface area (Å²) in [6.07, 6.45) is 0. The Labute approximate surface area is 161 Å². The van der Waals surface area contributed by atoms with Gasteiger partial charge in [-0.1, -0.05) is 30.4 Å². The highest BCUT2D eigenvalue weighted by molar-refractivity contribution is 7.14. The van der Waals surface area contributed by atoms with Crippen LogP contribution in [0.1, 0.15) is 19.4 Å².